The fourth-order valence-electron chi connectivity index (χ4n) is 1.73. The van der Waals surface area contributed by atoms with E-state index in [1.807, 2.05) is 38.7 Å². The van der Waals surface area contributed by atoms with Gasteiger partial charge >= 0.3 is 0 Å². The van der Waals surface area contributed by atoms with Crippen LogP contribution in [-0.2, 0) is 4.79 Å². The molecule has 1 amide bonds. The number of hydrogen-bond acceptors (Lipinski definition) is 2. The van der Waals surface area contributed by atoms with Crippen LogP contribution in [0.3, 0.4) is 0 Å². The third-order valence-corrected chi connectivity index (χ3v) is 2.30. The molecule has 0 fully saturated rings. The smallest absolute Gasteiger partial charge is 0.247 e. The van der Waals surface area contributed by atoms with E-state index in [0.29, 0.717) is 5.76 Å². The summed E-state index contributed by atoms with van der Waals surface area (Å²) in [6, 6.07) is 4.02. The standard InChI is InChI=1S/C13H19NO2/c1-10(2)14(11(3)4)13(15)8-7-12-6-5-9-16-12/h5-11H,1-4H3. The summed E-state index contributed by atoms with van der Waals surface area (Å²) >= 11 is 0. The van der Waals surface area contributed by atoms with E-state index >= 15 is 0 Å². The SMILES string of the molecule is CC(C)N(C(=O)C=Cc1ccco1)C(C)C. The van der Waals surface area contributed by atoms with Gasteiger partial charge < -0.3 is 9.32 Å². The average Bonchev–Trinajstić information content (AvgIpc) is 2.65. The fourth-order valence-corrected chi connectivity index (χ4v) is 1.73. The van der Waals surface area contributed by atoms with E-state index in [1.54, 1.807) is 24.5 Å². The van der Waals surface area contributed by atoms with Crippen molar-refractivity contribution in [3.05, 3.63) is 30.2 Å². The molecule has 0 aliphatic carbocycles. The molecule has 3 heteroatoms. The maximum atomic E-state index is 11.9. The second kappa shape index (κ2) is 5.54. The van der Waals surface area contributed by atoms with Crippen molar-refractivity contribution < 1.29 is 9.21 Å². The summed E-state index contributed by atoms with van der Waals surface area (Å²) in [6.45, 7) is 8.05. The van der Waals surface area contributed by atoms with Crippen molar-refractivity contribution in [1.82, 2.24) is 4.90 Å². The Kier molecular flexibility index (Phi) is 4.35. The van der Waals surface area contributed by atoms with E-state index < -0.39 is 0 Å². The van der Waals surface area contributed by atoms with Crippen molar-refractivity contribution >= 4 is 12.0 Å². The summed E-state index contributed by atoms with van der Waals surface area (Å²) in [5.74, 6) is 0.710. The van der Waals surface area contributed by atoms with Crippen LogP contribution in [0, 0.1) is 0 Å². The molecule has 0 N–H and O–H groups in total. The molecule has 88 valence electrons. The second-order valence-corrected chi connectivity index (χ2v) is 4.28. The third kappa shape index (κ3) is 3.26. The summed E-state index contributed by atoms with van der Waals surface area (Å²) in [5, 5.41) is 0. The monoisotopic (exact) mass is 221 g/mol. The topological polar surface area (TPSA) is 33.5 Å². The zero-order valence-electron chi connectivity index (χ0n) is 10.3. The highest BCUT2D eigenvalue weighted by Gasteiger charge is 2.17. The van der Waals surface area contributed by atoms with Gasteiger partial charge in [0, 0.05) is 18.2 Å². The summed E-state index contributed by atoms with van der Waals surface area (Å²) in [4.78, 5) is 13.8. The van der Waals surface area contributed by atoms with E-state index in [9.17, 15) is 4.79 Å². The van der Waals surface area contributed by atoms with Crippen molar-refractivity contribution in [2.45, 2.75) is 39.8 Å². The molecule has 1 heterocycles. The van der Waals surface area contributed by atoms with Gasteiger partial charge in [0.15, 0.2) is 0 Å². The van der Waals surface area contributed by atoms with Crippen molar-refractivity contribution in [1.29, 1.82) is 0 Å². The molecule has 0 saturated carbocycles. The Hall–Kier alpha value is -1.51. The molecule has 0 saturated heterocycles. The molecule has 0 aliphatic rings. The molecule has 0 aromatic carbocycles. The average molecular weight is 221 g/mol. The van der Waals surface area contributed by atoms with Crippen LogP contribution in [0.15, 0.2) is 28.9 Å². The molecule has 0 bridgehead atoms. The lowest BCUT2D eigenvalue weighted by Gasteiger charge is -2.29. The summed E-state index contributed by atoms with van der Waals surface area (Å²) in [5.41, 5.74) is 0. The van der Waals surface area contributed by atoms with Crippen molar-refractivity contribution in [3.63, 3.8) is 0 Å². The van der Waals surface area contributed by atoms with Crippen LogP contribution in [0.1, 0.15) is 33.5 Å². The maximum absolute atomic E-state index is 11.9. The first-order valence-corrected chi connectivity index (χ1v) is 5.56. The molecule has 3 nitrogen and oxygen atoms in total. The van der Waals surface area contributed by atoms with Crippen molar-refractivity contribution in [2.24, 2.45) is 0 Å². The van der Waals surface area contributed by atoms with Gasteiger partial charge in [-0.1, -0.05) is 0 Å². The van der Waals surface area contributed by atoms with Crippen LogP contribution < -0.4 is 0 Å². The van der Waals surface area contributed by atoms with Crippen LogP contribution in [-0.4, -0.2) is 22.9 Å². The van der Waals surface area contributed by atoms with E-state index in [2.05, 4.69) is 0 Å². The fraction of sp³-hybridized carbons (Fsp3) is 0.462. The number of hydrogen-bond donors (Lipinski definition) is 0. The first-order chi connectivity index (χ1) is 7.52. The highest BCUT2D eigenvalue weighted by Crippen LogP contribution is 2.08. The minimum Gasteiger partial charge on any atom is -0.465 e. The van der Waals surface area contributed by atoms with E-state index in [4.69, 9.17) is 4.42 Å². The quantitative estimate of drug-likeness (QED) is 0.732. The number of carbonyl (C=O) groups is 1. The highest BCUT2D eigenvalue weighted by atomic mass is 16.3. The molecule has 0 radical (unpaired) electrons. The third-order valence-electron chi connectivity index (χ3n) is 2.30. The molecule has 1 rings (SSSR count). The molecule has 0 atom stereocenters. The first kappa shape index (κ1) is 12.6. The van der Waals surface area contributed by atoms with Crippen LogP contribution in [0.4, 0.5) is 0 Å². The van der Waals surface area contributed by atoms with Gasteiger partial charge in [0.05, 0.1) is 6.26 Å². The number of furan rings is 1. The van der Waals surface area contributed by atoms with Gasteiger partial charge in [0.25, 0.3) is 0 Å². The number of carbonyl (C=O) groups excluding carboxylic acids is 1. The van der Waals surface area contributed by atoms with Crippen LogP contribution in [0.2, 0.25) is 0 Å². The minimum atomic E-state index is 0.0152. The van der Waals surface area contributed by atoms with Crippen LogP contribution in [0.25, 0.3) is 6.08 Å². The Balaban J connectivity index is 2.70. The Bertz CT molecular complexity index is 342. The summed E-state index contributed by atoms with van der Waals surface area (Å²) < 4.78 is 5.13. The van der Waals surface area contributed by atoms with Crippen LogP contribution in [0.5, 0.6) is 0 Å². The van der Waals surface area contributed by atoms with Gasteiger partial charge in [-0.3, -0.25) is 4.79 Å². The Morgan fingerprint density at radius 2 is 1.94 bits per heavy atom. The van der Waals surface area contributed by atoms with Gasteiger partial charge in [-0.2, -0.15) is 0 Å². The van der Waals surface area contributed by atoms with Crippen molar-refractivity contribution in [2.75, 3.05) is 0 Å². The molecule has 16 heavy (non-hydrogen) atoms. The second-order valence-electron chi connectivity index (χ2n) is 4.28. The van der Waals surface area contributed by atoms with Gasteiger partial charge in [0.1, 0.15) is 5.76 Å². The Morgan fingerprint density at radius 3 is 2.38 bits per heavy atom. The highest BCUT2D eigenvalue weighted by molar-refractivity contribution is 5.91. The van der Waals surface area contributed by atoms with E-state index in [1.165, 1.54) is 0 Å². The van der Waals surface area contributed by atoms with Gasteiger partial charge in [-0.15, -0.1) is 0 Å². The predicted octanol–water partition coefficient (Wildman–Crippen LogP) is 2.94. The Labute approximate surface area is 96.7 Å². The number of rotatable bonds is 4. The molecule has 0 spiro atoms. The summed E-state index contributed by atoms with van der Waals surface area (Å²) in [6.07, 6.45) is 4.84. The largest absolute Gasteiger partial charge is 0.465 e. The molecule has 1 aromatic heterocycles. The van der Waals surface area contributed by atoms with Gasteiger partial charge in [-0.05, 0) is 45.9 Å². The molecule has 0 unspecified atom stereocenters. The lowest BCUT2D eigenvalue weighted by Crippen LogP contribution is -2.41. The van der Waals surface area contributed by atoms with Gasteiger partial charge in [0.2, 0.25) is 5.91 Å². The summed E-state index contributed by atoms with van der Waals surface area (Å²) in [7, 11) is 0. The molecular formula is C13H19NO2. The minimum absolute atomic E-state index is 0.0152. The lowest BCUT2D eigenvalue weighted by atomic mass is 10.2. The van der Waals surface area contributed by atoms with Crippen molar-refractivity contribution in [3.8, 4) is 0 Å². The molecular weight excluding hydrogens is 202 g/mol. The van der Waals surface area contributed by atoms with Gasteiger partial charge in [-0.25, -0.2) is 0 Å². The maximum Gasteiger partial charge on any atom is 0.247 e. The number of nitrogens with zero attached hydrogens (tertiary/aromatic N) is 1. The molecule has 1 aromatic rings. The van der Waals surface area contributed by atoms with E-state index in [0.717, 1.165) is 0 Å². The first-order valence-electron chi connectivity index (χ1n) is 5.56. The predicted molar refractivity (Wildman–Crippen MR) is 64.9 cm³/mol. The zero-order chi connectivity index (χ0) is 12.1. The van der Waals surface area contributed by atoms with Crippen LogP contribution >= 0.6 is 0 Å². The lowest BCUT2D eigenvalue weighted by molar-refractivity contribution is -0.129. The molecule has 0 aliphatic heterocycles. The Morgan fingerprint density at radius 1 is 1.31 bits per heavy atom. The zero-order valence-corrected chi connectivity index (χ0v) is 10.3. The van der Waals surface area contributed by atoms with E-state index in [-0.39, 0.29) is 18.0 Å². The number of amides is 1. The normalized spacial score (nSPS) is 11.6.